The Morgan fingerprint density at radius 2 is 1.82 bits per heavy atom. The van der Waals surface area contributed by atoms with Crippen LogP contribution in [0, 0.1) is 0 Å². The van der Waals surface area contributed by atoms with Crippen molar-refractivity contribution in [3.63, 3.8) is 0 Å². The van der Waals surface area contributed by atoms with Crippen molar-refractivity contribution < 1.29 is 9.53 Å². The lowest BCUT2D eigenvalue weighted by atomic mass is 10.1. The van der Waals surface area contributed by atoms with E-state index >= 15 is 0 Å². The lowest BCUT2D eigenvalue weighted by Crippen LogP contribution is -2.07. The minimum absolute atomic E-state index is 0.0766. The molecule has 0 unspecified atom stereocenters. The van der Waals surface area contributed by atoms with Crippen LogP contribution in [0.15, 0.2) is 54.6 Å². The van der Waals surface area contributed by atoms with Gasteiger partial charge in [0.1, 0.15) is 5.75 Å². The number of hydrogen-bond acceptors (Lipinski definition) is 5. The molecule has 1 aromatic heterocycles. The predicted octanol–water partition coefficient (Wildman–Crippen LogP) is 2.10. The van der Waals surface area contributed by atoms with E-state index in [0.29, 0.717) is 17.1 Å². The summed E-state index contributed by atoms with van der Waals surface area (Å²) in [5.74, 6) is 0.813. The van der Waals surface area contributed by atoms with Crippen LogP contribution in [0.5, 0.6) is 5.75 Å². The maximum absolute atomic E-state index is 12.3. The number of benzene rings is 2. The molecule has 3 rings (SSSR count). The van der Waals surface area contributed by atoms with Gasteiger partial charge in [-0.25, -0.2) is 0 Å². The highest BCUT2D eigenvalue weighted by molar-refractivity contribution is 5.99. The van der Waals surface area contributed by atoms with Gasteiger partial charge in [-0.05, 0) is 29.5 Å². The van der Waals surface area contributed by atoms with Crippen LogP contribution in [0.25, 0.3) is 5.69 Å². The molecule has 110 valence electrons. The van der Waals surface area contributed by atoms with Crippen LogP contribution in [-0.2, 0) is 6.42 Å². The summed E-state index contributed by atoms with van der Waals surface area (Å²) < 4.78 is 5.20. The van der Waals surface area contributed by atoms with Crippen molar-refractivity contribution in [2.75, 3.05) is 7.11 Å². The van der Waals surface area contributed by atoms with Crippen molar-refractivity contribution in [3.8, 4) is 11.4 Å². The summed E-state index contributed by atoms with van der Waals surface area (Å²) in [5.41, 5.74) is 1.31. The molecule has 0 amide bonds. The molecule has 0 radical (unpaired) electrons. The van der Waals surface area contributed by atoms with Crippen molar-refractivity contribution in [2.45, 2.75) is 6.42 Å². The highest BCUT2D eigenvalue weighted by Crippen LogP contribution is 2.18. The van der Waals surface area contributed by atoms with Gasteiger partial charge in [-0.1, -0.05) is 30.3 Å². The highest BCUT2D eigenvalue weighted by atomic mass is 16.5. The number of aromatic nitrogens is 4. The predicted molar refractivity (Wildman–Crippen MR) is 80.2 cm³/mol. The zero-order chi connectivity index (χ0) is 15.4. The maximum Gasteiger partial charge on any atom is 0.182 e. The van der Waals surface area contributed by atoms with Crippen molar-refractivity contribution in [3.05, 3.63) is 66.0 Å². The lowest BCUT2D eigenvalue weighted by molar-refractivity contribution is 0.0988. The second-order valence-electron chi connectivity index (χ2n) is 4.63. The molecule has 0 atom stereocenters. The minimum atomic E-state index is -0.106. The molecular formula is C16H14N4O2. The fraction of sp³-hybridized carbons (Fsp3) is 0.125. The average molecular weight is 294 g/mol. The van der Waals surface area contributed by atoms with E-state index in [9.17, 15) is 4.79 Å². The molecule has 0 aliphatic rings. The first kappa shape index (κ1) is 13.9. The van der Waals surface area contributed by atoms with Crippen LogP contribution in [0.1, 0.15) is 16.2 Å². The minimum Gasteiger partial charge on any atom is -0.496 e. The molecule has 0 N–H and O–H groups in total. The molecule has 1 heterocycles. The topological polar surface area (TPSA) is 69.9 Å². The third-order valence-electron chi connectivity index (χ3n) is 3.17. The van der Waals surface area contributed by atoms with Crippen LogP contribution in [-0.4, -0.2) is 33.1 Å². The van der Waals surface area contributed by atoms with Gasteiger partial charge in [-0.3, -0.25) is 4.79 Å². The van der Waals surface area contributed by atoms with Gasteiger partial charge in [0, 0.05) is 0 Å². The fourth-order valence-electron chi connectivity index (χ4n) is 2.10. The second-order valence-corrected chi connectivity index (χ2v) is 4.63. The highest BCUT2D eigenvalue weighted by Gasteiger charge is 2.15. The zero-order valence-electron chi connectivity index (χ0n) is 12.0. The summed E-state index contributed by atoms with van der Waals surface area (Å²) in [7, 11) is 1.54. The first-order chi connectivity index (χ1) is 10.8. The third kappa shape index (κ3) is 2.85. The van der Waals surface area contributed by atoms with Crippen LogP contribution in [0.3, 0.4) is 0 Å². The number of Topliss-reactive ketones (excluding diaryl/α,β-unsaturated/α-hetero) is 1. The number of carbonyl (C=O) groups is 1. The lowest BCUT2D eigenvalue weighted by Gasteiger charge is -2.05. The van der Waals surface area contributed by atoms with Gasteiger partial charge in [0.25, 0.3) is 0 Å². The molecule has 2 aromatic carbocycles. The van der Waals surface area contributed by atoms with Crippen molar-refractivity contribution in [1.29, 1.82) is 0 Å². The van der Waals surface area contributed by atoms with Gasteiger partial charge in [0.15, 0.2) is 11.6 Å². The number of nitrogens with zero attached hydrogens (tertiary/aromatic N) is 4. The molecule has 22 heavy (non-hydrogen) atoms. The number of carbonyl (C=O) groups excluding carboxylic acids is 1. The Labute approximate surface area is 127 Å². The maximum atomic E-state index is 12.3. The van der Waals surface area contributed by atoms with Gasteiger partial charge in [0.2, 0.25) is 0 Å². The van der Waals surface area contributed by atoms with Crippen LogP contribution < -0.4 is 4.74 Å². The Bertz CT molecular complexity index is 784. The van der Waals surface area contributed by atoms with E-state index in [1.807, 2.05) is 36.4 Å². The van der Waals surface area contributed by atoms with E-state index in [1.54, 1.807) is 18.2 Å². The van der Waals surface area contributed by atoms with Crippen LogP contribution >= 0.6 is 0 Å². The molecule has 0 saturated heterocycles. The number of rotatable bonds is 5. The van der Waals surface area contributed by atoms with Gasteiger partial charge < -0.3 is 4.74 Å². The van der Waals surface area contributed by atoms with Gasteiger partial charge >= 0.3 is 0 Å². The normalized spacial score (nSPS) is 10.4. The molecule has 0 aliphatic carbocycles. The van der Waals surface area contributed by atoms with Crippen molar-refractivity contribution >= 4 is 5.78 Å². The molecule has 3 aromatic rings. The van der Waals surface area contributed by atoms with Crippen molar-refractivity contribution in [2.24, 2.45) is 0 Å². The Hall–Kier alpha value is -3.02. The Morgan fingerprint density at radius 3 is 2.59 bits per heavy atom. The van der Waals surface area contributed by atoms with Gasteiger partial charge in [0.05, 0.1) is 24.8 Å². The van der Waals surface area contributed by atoms with Gasteiger partial charge in [-0.15, -0.1) is 15.0 Å². The molecule has 0 aliphatic heterocycles. The number of ether oxygens (including phenoxy) is 1. The summed E-state index contributed by atoms with van der Waals surface area (Å²) in [4.78, 5) is 13.8. The smallest absolute Gasteiger partial charge is 0.182 e. The summed E-state index contributed by atoms with van der Waals surface area (Å²) in [5, 5.41) is 12.1. The number of hydrogen-bond donors (Lipinski definition) is 0. The molecule has 0 saturated carbocycles. The largest absolute Gasteiger partial charge is 0.496 e. The molecule has 0 spiro atoms. The first-order valence-corrected chi connectivity index (χ1v) is 6.78. The van der Waals surface area contributed by atoms with Crippen LogP contribution in [0.2, 0.25) is 0 Å². The quantitative estimate of drug-likeness (QED) is 0.674. The summed E-state index contributed by atoms with van der Waals surface area (Å²) in [6, 6.07) is 16.5. The Kier molecular flexibility index (Phi) is 3.91. The summed E-state index contributed by atoms with van der Waals surface area (Å²) in [6.45, 7) is 0. The SMILES string of the molecule is COc1ccccc1C(=O)Cc1nnn(-c2ccccc2)n1. The third-order valence-corrected chi connectivity index (χ3v) is 3.17. The van der Waals surface area contributed by atoms with E-state index in [0.717, 1.165) is 5.69 Å². The summed E-state index contributed by atoms with van der Waals surface area (Å²) in [6.07, 6.45) is 0.0766. The zero-order valence-corrected chi connectivity index (χ0v) is 12.0. The molecule has 0 fully saturated rings. The first-order valence-electron chi connectivity index (χ1n) is 6.78. The number of para-hydroxylation sites is 2. The summed E-state index contributed by atoms with van der Waals surface area (Å²) >= 11 is 0. The molecule has 6 heteroatoms. The van der Waals surface area contributed by atoms with E-state index in [1.165, 1.54) is 11.9 Å². The second kappa shape index (κ2) is 6.17. The van der Waals surface area contributed by atoms with E-state index in [-0.39, 0.29) is 12.2 Å². The average Bonchev–Trinajstić information content (AvgIpc) is 3.04. The standard InChI is InChI=1S/C16H14N4O2/c1-22-15-10-6-5-9-13(15)14(21)11-16-17-19-20(18-16)12-7-3-2-4-8-12/h2-10H,11H2,1H3. The molecule has 0 bridgehead atoms. The number of tetrazole rings is 1. The van der Waals surface area contributed by atoms with E-state index in [4.69, 9.17) is 4.74 Å². The van der Waals surface area contributed by atoms with Crippen LogP contribution in [0.4, 0.5) is 0 Å². The monoisotopic (exact) mass is 294 g/mol. The van der Waals surface area contributed by atoms with E-state index < -0.39 is 0 Å². The Morgan fingerprint density at radius 1 is 1.09 bits per heavy atom. The molecule has 6 nitrogen and oxygen atoms in total. The number of methoxy groups -OCH3 is 1. The van der Waals surface area contributed by atoms with E-state index in [2.05, 4.69) is 15.4 Å². The molecular weight excluding hydrogens is 280 g/mol. The van der Waals surface area contributed by atoms with Crippen molar-refractivity contribution in [1.82, 2.24) is 20.2 Å². The fourth-order valence-corrected chi connectivity index (χ4v) is 2.10. The number of ketones is 1. The Balaban J connectivity index is 1.79. The van der Waals surface area contributed by atoms with Gasteiger partial charge in [-0.2, -0.15) is 0 Å².